The second-order valence-corrected chi connectivity index (χ2v) is 7.98. The second-order valence-electron chi connectivity index (χ2n) is 6.43. The number of amides is 1. The van der Waals surface area contributed by atoms with Gasteiger partial charge in [0.2, 0.25) is 0 Å². The first kappa shape index (κ1) is 19.1. The van der Waals surface area contributed by atoms with Gasteiger partial charge in [-0.1, -0.05) is 48.5 Å². The summed E-state index contributed by atoms with van der Waals surface area (Å²) < 4.78 is 16.5. The molecule has 2 aromatic rings. The van der Waals surface area contributed by atoms with Gasteiger partial charge in [-0.15, -0.1) is 0 Å². The zero-order valence-corrected chi connectivity index (χ0v) is 15.7. The van der Waals surface area contributed by atoms with Gasteiger partial charge in [0.05, 0.1) is 0 Å². The lowest BCUT2D eigenvalue weighted by atomic mass is 9.98. The Hall–Kier alpha value is -2.67. The van der Waals surface area contributed by atoms with Crippen molar-refractivity contribution in [2.45, 2.75) is 18.4 Å². The van der Waals surface area contributed by atoms with Crippen molar-refractivity contribution >= 4 is 22.9 Å². The number of nitrogens with one attached hydrogen (secondary N) is 1. The third-order valence-electron chi connectivity index (χ3n) is 4.63. The average Bonchev–Trinajstić information content (AvgIpc) is 2.97. The first-order valence-corrected chi connectivity index (χ1v) is 10.3. The molecule has 3 rings (SSSR count). The fourth-order valence-electron chi connectivity index (χ4n) is 3.32. The van der Waals surface area contributed by atoms with E-state index < -0.39 is 28.9 Å². The molecular formula is C20H21NO5S. The number of fused-ring (bicyclic) bond motifs is 3. The molecule has 2 aromatic carbocycles. The Bertz CT molecular complexity index is 837. The van der Waals surface area contributed by atoms with Crippen LogP contribution in [-0.4, -0.2) is 46.0 Å². The minimum absolute atomic E-state index is 0.0860. The van der Waals surface area contributed by atoms with Crippen LogP contribution in [0.3, 0.4) is 0 Å². The zero-order valence-electron chi connectivity index (χ0n) is 14.9. The fourth-order valence-corrected chi connectivity index (χ4v) is 3.89. The number of hydrogen-bond acceptors (Lipinski definition) is 4. The molecule has 6 nitrogen and oxygen atoms in total. The Labute approximate surface area is 160 Å². The smallest absolute Gasteiger partial charge is 0.407 e. The Morgan fingerprint density at radius 1 is 1.11 bits per heavy atom. The highest BCUT2D eigenvalue weighted by Crippen LogP contribution is 2.44. The van der Waals surface area contributed by atoms with Gasteiger partial charge < -0.3 is 15.2 Å². The number of ether oxygens (including phenoxy) is 1. The van der Waals surface area contributed by atoms with Crippen molar-refractivity contribution < 1.29 is 23.6 Å². The van der Waals surface area contributed by atoms with Crippen LogP contribution in [0.1, 0.15) is 23.5 Å². The number of carboxylic acid groups (broad SMARTS) is 1. The molecule has 0 aliphatic heterocycles. The molecule has 0 bridgehead atoms. The van der Waals surface area contributed by atoms with Gasteiger partial charge in [-0.05, 0) is 28.7 Å². The molecular weight excluding hydrogens is 366 g/mol. The SMILES string of the molecule is C[S@](=O)CC[C@@H](NC(=O)OCC1c2ccccc2-c2ccccc21)C(=O)O. The standard InChI is InChI=1S/C20H21NO5S/c1-27(25)11-10-18(19(22)23)21-20(24)26-12-17-15-8-4-2-6-13(15)14-7-3-5-9-16(14)17/h2-9,17-18H,10-12H2,1H3,(H,21,24)(H,22,23)/t18-,27+/m1/s1. The number of carbonyl (C=O) groups is 2. The predicted molar refractivity (Wildman–Crippen MR) is 103 cm³/mol. The van der Waals surface area contributed by atoms with Crippen molar-refractivity contribution in [3.63, 3.8) is 0 Å². The number of aliphatic carboxylic acids is 1. The van der Waals surface area contributed by atoms with Crippen LogP contribution in [0, 0.1) is 0 Å². The molecule has 0 saturated carbocycles. The minimum atomic E-state index is -1.17. The zero-order chi connectivity index (χ0) is 19.4. The second kappa shape index (κ2) is 8.35. The lowest BCUT2D eigenvalue weighted by Crippen LogP contribution is -2.42. The van der Waals surface area contributed by atoms with Gasteiger partial charge in [0.1, 0.15) is 12.6 Å². The van der Waals surface area contributed by atoms with E-state index in [1.54, 1.807) is 0 Å². The Morgan fingerprint density at radius 3 is 2.19 bits per heavy atom. The van der Waals surface area contributed by atoms with Crippen LogP contribution in [0.25, 0.3) is 11.1 Å². The molecule has 0 fully saturated rings. The van der Waals surface area contributed by atoms with Gasteiger partial charge in [0, 0.05) is 28.7 Å². The first-order valence-electron chi connectivity index (χ1n) is 8.61. The van der Waals surface area contributed by atoms with Crippen LogP contribution in [0.4, 0.5) is 4.79 Å². The summed E-state index contributed by atoms with van der Waals surface area (Å²) in [6, 6.07) is 14.8. The molecule has 2 N–H and O–H groups in total. The van der Waals surface area contributed by atoms with Gasteiger partial charge in [0.25, 0.3) is 0 Å². The van der Waals surface area contributed by atoms with E-state index in [0.29, 0.717) is 0 Å². The highest BCUT2D eigenvalue weighted by Gasteiger charge is 2.29. The first-order chi connectivity index (χ1) is 13.0. The fraction of sp³-hybridized carbons (Fsp3) is 0.300. The third-order valence-corrected chi connectivity index (χ3v) is 5.44. The molecule has 1 amide bonds. The van der Waals surface area contributed by atoms with Gasteiger partial charge >= 0.3 is 12.1 Å². The average molecular weight is 387 g/mol. The summed E-state index contributed by atoms with van der Waals surface area (Å²) in [7, 11) is -1.13. The van der Waals surface area contributed by atoms with Crippen molar-refractivity contribution in [1.29, 1.82) is 0 Å². The molecule has 0 heterocycles. The third kappa shape index (κ3) is 4.36. The van der Waals surface area contributed by atoms with Crippen LogP contribution in [0.5, 0.6) is 0 Å². The molecule has 0 aromatic heterocycles. The highest BCUT2D eigenvalue weighted by atomic mass is 32.2. The number of benzene rings is 2. The Kier molecular flexibility index (Phi) is 5.91. The minimum Gasteiger partial charge on any atom is -0.480 e. The van der Waals surface area contributed by atoms with Crippen molar-refractivity contribution in [3.05, 3.63) is 59.7 Å². The van der Waals surface area contributed by atoms with Crippen molar-refractivity contribution in [1.82, 2.24) is 5.32 Å². The van der Waals surface area contributed by atoms with Gasteiger partial charge in [-0.25, -0.2) is 9.59 Å². The summed E-state index contributed by atoms with van der Waals surface area (Å²) in [5.41, 5.74) is 4.41. The summed E-state index contributed by atoms with van der Waals surface area (Å²) in [4.78, 5) is 23.4. The molecule has 0 saturated heterocycles. The Morgan fingerprint density at radius 2 is 1.67 bits per heavy atom. The molecule has 0 spiro atoms. The molecule has 142 valence electrons. The largest absolute Gasteiger partial charge is 0.480 e. The van der Waals surface area contributed by atoms with E-state index in [4.69, 9.17) is 4.74 Å². The predicted octanol–water partition coefficient (Wildman–Crippen LogP) is 2.75. The maximum atomic E-state index is 12.1. The van der Waals surface area contributed by atoms with E-state index in [1.165, 1.54) is 6.26 Å². The van der Waals surface area contributed by atoms with Gasteiger partial charge in [-0.3, -0.25) is 4.21 Å². The summed E-state index contributed by atoms with van der Waals surface area (Å²) >= 11 is 0. The van der Waals surface area contributed by atoms with E-state index in [9.17, 15) is 18.9 Å². The molecule has 7 heteroatoms. The lowest BCUT2D eigenvalue weighted by Gasteiger charge is -2.17. The molecule has 0 unspecified atom stereocenters. The molecule has 0 radical (unpaired) electrons. The van der Waals surface area contributed by atoms with Crippen LogP contribution in [0.2, 0.25) is 0 Å². The van der Waals surface area contributed by atoms with E-state index in [2.05, 4.69) is 5.32 Å². The quantitative estimate of drug-likeness (QED) is 0.762. The topological polar surface area (TPSA) is 92.7 Å². The van der Waals surface area contributed by atoms with Crippen LogP contribution < -0.4 is 5.32 Å². The summed E-state index contributed by atoms with van der Waals surface area (Å²) in [5, 5.41) is 11.6. The van der Waals surface area contributed by atoms with E-state index >= 15 is 0 Å². The number of carboxylic acids is 1. The maximum absolute atomic E-state index is 12.1. The van der Waals surface area contributed by atoms with Crippen molar-refractivity contribution in [2.75, 3.05) is 18.6 Å². The Balaban J connectivity index is 1.67. The summed E-state index contributed by atoms with van der Waals surface area (Å²) in [6.07, 6.45) is 0.792. The molecule has 2 atom stereocenters. The number of alkyl carbamates (subject to hydrolysis) is 1. The normalized spacial score (nSPS) is 14.7. The molecule has 1 aliphatic carbocycles. The molecule has 27 heavy (non-hydrogen) atoms. The maximum Gasteiger partial charge on any atom is 0.407 e. The van der Waals surface area contributed by atoms with E-state index in [-0.39, 0.29) is 24.7 Å². The number of hydrogen-bond donors (Lipinski definition) is 2. The van der Waals surface area contributed by atoms with Crippen molar-refractivity contribution in [3.8, 4) is 11.1 Å². The summed E-state index contributed by atoms with van der Waals surface area (Å²) in [5.74, 6) is -1.07. The van der Waals surface area contributed by atoms with Crippen LogP contribution >= 0.6 is 0 Å². The van der Waals surface area contributed by atoms with Gasteiger partial charge in [0.15, 0.2) is 0 Å². The molecule has 1 aliphatic rings. The van der Waals surface area contributed by atoms with E-state index in [0.717, 1.165) is 22.3 Å². The van der Waals surface area contributed by atoms with Crippen molar-refractivity contribution in [2.24, 2.45) is 0 Å². The van der Waals surface area contributed by atoms with Gasteiger partial charge in [-0.2, -0.15) is 0 Å². The monoisotopic (exact) mass is 387 g/mol. The number of rotatable bonds is 7. The highest BCUT2D eigenvalue weighted by molar-refractivity contribution is 7.84. The number of carbonyl (C=O) groups excluding carboxylic acids is 1. The van der Waals surface area contributed by atoms with E-state index in [1.807, 2.05) is 48.5 Å². The van der Waals surface area contributed by atoms with Crippen LogP contribution in [0.15, 0.2) is 48.5 Å². The lowest BCUT2D eigenvalue weighted by molar-refractivity contribution is -0.139. The van der Waals surface area contributed by atoms with Crippen LogP contribution in [-0.2, 0) is 20.3 Å². The summed E-state index contributed by atoms with van der Waals surface area (Å²) in [6.45, 7) is 0.117.